The van der Waals surface area contributed by atoms with Crippen LogP contribution in [0, 0.1) is 5.92 Å². The van der Waals surface area contributed by atoms with E-state index in [-0.39, 0.29) is 0 Å². The number of nitrogens with two attached hydrogens (primary N) is 1. The molecule has 3 aromatic rings. The van der Waals surface area contributed by atoms with Crippen LogP contribution in [0.5, 0.6) is 5.75 Å². The summed E-state index contributed by atoms with van der Waals surface area (Å²) in [6, 6.07) is 18.1. The van der Waals surface area contributed by atoms with Gasteiger partial charge in [-0.2, -0.15) is 0 Å². The van der Waals surface area contributed by atoms with Crippen LogP contribution in [0.3, 0.4) is 0 Å². The molecule has 0 aliphatic carbocycles. The first-order valence-corrected chi connectivity index (χ1v) is 10.1. The number of ether oxygens (including phenoxy) is 1. The Morgan fingerprint density at radius 3 is 2.52 bits per heavy atom. The minimum Gasteiger partial charge on any atom is -0.489 e. The fourth-order valence-corrected chi connectivity index (χ4v) is 3.60. The van der Waals surface area contributed by atoms with Crippen molar-refractivity contribution in [1.29, 1.82) is 0 Å². The van der Waals surface area contributed by atoms with Gasteiger partial charge in [-0.05, 0) is 55.1 Å². The SMILES string of the molecule is Nc1ncnc(NCC2CCNCC2)c1-c1ccc(OCc2ccccc2)cc1. The molecular weight excluding hydrogens is 362 g/mol. The normalized spacial score (nSPS) is 14.5. The van der Waals surface area contributed by atoms with E-state index in [9.17, 15) is 0 Å². The average Bonchev–Trinajstić information content (AvgIpc) is 2.78. The molecule has 4 N–H and O–H groups in total. The van der Waals surface area contributed by atoms with E-state index in [1.165, 1.54) is 19.2 Å². The molecule has 0 radical (unpaired) electrons. The van der Waals surface area contributed by atoms with E-state index >= 15 is 0 Å². The van der Waals surface area contributed by atoms with Crippen molar-refractivity contribution in [3.8, 4) is 16.9 Å². The molecule has 0 unspecified atom stereocenters. The van der Waals surface area contributed by atoms with E-state index < -0.39 is 0 Å². The monoisotopic (exact) mass is 389 g/mol. The lowest BCUT2D eigenvalue weighted by atomic mass is 9.98. The Hall–Kier alpha value is -3.12. The summed E-state index contributed by atoms with van der Waals surface area (Å²) in [5.74, 6) is 2.73. The first-order valence-electron chi connectivity index (χ1n) is 10.1. The van der Waals surface area contributed by atoms with E-state index in [4.69, 9.17) is 10.5 Å². The van der Waals surface area contributed by atoms with E-state index in [0.29, 0.717) is 18.3 Å². The maximum atomic E-state index is 6.20. The maximum Gasteiger partial charge on any atom is 0.139 e. The van der Waals surface area contributed by atoms with Gasteiger partial charge < -0.3 is 21.1 Å². The van der Waals surface area contributed by atoms with Gasteiger partial charge in [-0.25, -0.2) is 9.97 Å². The Kier molecular flexibility index (Phi) is 6.22. The van der Waals surface area contributed by atoms with Gasteiger partial charge >= 0.3 is 0 Å². The highest BCUT2D eigenvalue weighted by Crippen LogP contribution is 2.32. The topological polar surface area (TPSA) is 85.1 Å². The summed E-state index contributed by atoms with van der Waals surface area (Å²) in [5.41, 5.74) is 9.16. The third-order valence-electron chi connectivity index (χ3n) is 5.28. The quantitative estimate of drug-likeness (QED) is 0.571. The van der Waals surface area contributed by atoms with Crippen LogP contribution in [-0.2, 0) is 6.61 Å². The molecule has 1 aliphatic rings. The molecule has 6 heteroatoms. The molecule has 1 saturated heterocycles. The molecule has 0 amide bonds. The summed E-state index contributed by atoms with van der Waals surface area (Å²) < 4.78 is 5.89. The van der Waals surface area contributed by atoms with Crippen molar-refractivity contribution in [2.75, 3.05) is 30.7 Å². The van der Waals surface area contributed by atoms with Gasteiger partial charge in [0.1, 0.15) is 30.3 Å². The lowest BCUT2D eigenvalue weighted by Gasteiger charge is -2.23. The zero-order valence-corrected chi connectivity index (χ0v) is 16.5. The predicted octanol–water partition coefficient (Wildman–Crippen LogP) is 3.72. The number of aromatic nitrogens is 2. The molecule has 1 fully saturated rings. The highest BCUT2D eigenvalue weighted by molar-refractivity contribution is 5.83. The zero-order chi connectivity index (χ0) is 19.9. The number of nitrogens with one attached hydrogen (secondary N) is 2. The number of rotatable bonds is 7. The first kappa shape index (κ1) is 19.2. The molecular formula is C23H27N5O. The zero-order valence-electron chi connectivity index (χ0n) is 16.5. The van der Waals surface area contributed by atoms with Gasteiger partial charge in [-0.1, -0.05) is 42.5 Å². The molecule has 2 heterocycles. The Morgan fingerprint density at radius 1 is 1.00 bits per heavy atom. The van der Waals surface area contributed by atoms with Crippen LogP contribution >= 0.6 is 0 Å². The Labute approximate surface area is 171 Å². The van der Waals surface area contributed by atoms with E-state index in [1.807, 2.05) is 42.5 Å². The van der Waals surface area contributed by atoms with Crippen LogP contribution in [0.1, 0.15) is 18.4 Å². The number of hydrogen-bond donors (Lipinski definition) is 3. The van der Waals surface area contributed by atoms with Crippen molar-refractivity contribution in [2.45, 2.75) is 19.4 Å². The van der Waals surface area contributed by atoms with Crippen LogP contribution in [0.2, 0.25) is 0 Å². The number of benzene rings is 2. The van der Waals surface area contributed by atoms with Crippen LogP contribution in [0.25, 0.3) is 11.1 Å². The molecule has 1 aliphatic heterocycles. The summed E-state index contributed by atoms with van der Waals surface area (Å²) in [7, 11) is 0. The molecule has 2 aromatic carbocycles. The highest BCUT2D eigenvalue weighted by atomic mass is 16.5. The summed E-state index contributed by atoms with van der Waals surface area (Å²) in [4.78, 5) is 8.64. The molecule has 6 nitrogen and oxygen atoms in total. The number of nitrogen functional groups attached to an aromatic ring is 1. The summed E-state index contributed by atoms with van der Waals surface area (Å²) in [5, 5.41) is 6.89. The lowest BCUT2D eigenvalue weighted by molar-refractivity contribution is 0.306. The van der Waals surface area contributed by atoms with Crippen molar-refractivity contribution >= 4 is 11.6 Å². The van der Waals surface area contributed by atoms with Crippen molar-refractivity contribution in [3.63, 3.8) is 0 Å². The van der Waals surface area contributed by atoms with Crippen LogP contribution in [0.4, 0.5) is 11.6 Å². The second-order valence-electron chi connectivity index (χ2n) is 7.36. The first-order chi connectivity index (χ1) is 14.3. The second kappa shape index (κ2) is 9.39. The predicted molar refractivity (Wildman–Crippen MR) is 117 cm³/mol. The maximum absolute atomic E-state index is 6.20. The molecule has 0 atom stereocenters. The van der Waals surface area contributed by atoms with Gasteiger partial charge in [0.2, 0.25) is 0 Å². The van der Waals surface area contributed by atoms with Gasteiger partial charge in [0, 0.05) is 6.54 Å². The Balaban J connectivity index is 1.45. The Morgan fingerprint density at radius 2 is 1.76 bits per heavy atom. The molecule has 29 heavy (non-hydrogen) atoms. The standard InChI is InChI=1S/C23H27N5O/c24-22-21(23(28-16-27-22)26-14-17-10-12-25-13-11-17)19-6-8-20(9-7-19)29-15-18-4-2-1-3-5-18/h1-9,16-17,25H,10-15H2,(H3,24,26,27,28). The molecule has 150 valence electrons. The van der Waals surface area contributed by atoms with E-state index in [0.717, 1.165) is 47.9 Å². The molecule has 0 saturated carbocycles. The van der Waals surface area contributed by atoms with Gasteiger partial charge in [0.25, 0.3) is 0 Å². The minimum absolute atomic E-state index is 0.478. The van der Waals surface area contributed by atoms with Crippen LogP contribution in [0.15, 0.2) is 60.9 Å². The number of anilines is 2. The highest BCUT2D eigenvalue weighted by Gasteiger charge is 2.16. The van der Waals surface area contributed by atoms with E-state index in [1.54, 1.807) is 0 Å². The van der Waals surface area contributed by atoms with Gasteiger partial charge in [-0.15, -0.1) is 0 Å². The van der Waals surface area contributed by atoms with Crippen molar-refractivity contribution < 1.29 is 4.74 Å². The summed E-state index contributed by atoms with van der Waals surface area (Å²) in [6.45, 7) is 3.59. The number of nitrogens with zero attached hydrogens (tertiary/aromatic N) is 2. The summed E-state index contributed by atoms with van der Waals surface area (Å²) >= 11 is 0. The average molecular weight is 390 g/mol. The van der Waals surface area contributed by atoms with Crippen LogP contribution in [-0.4, -0.2) is 29.6 Å². The molecule has 4 rings (SSSR count). The molecule has 0 bridgehead atoms. The number of piperidine rings is 1. The summed E-state index contributed by atoms with van der Waals surface area (Å²) in [6.07, 6.45) is 3.87. The van der Waals surface area contributed by atoms with Crippen molar-refractivity contribution in [1.82, 2.24) is 15.3 Å². The van der Waals surface area contributed by atoms with E-state index in [2.05, 4.69) is 32.7 Å². The lowest BCUT2D eigenvalue weighted by Crippen LogP contribution is -2.31. The van der Waals surface area contributed by atoms with Crippen molar-refractivity contribution in [3.05, 3.63) is 66.5 Å². The fraction of sp³-hybridized carbons (Fsp3) is 0.304. The van der Waals surface area contributed by atoms with Gasteiger partial charge in [0.15, 0.2) is 0 Å². The van der Waals surface area contributed by atoms with Crippen molar-refractivity contribution in [2.24, 2.45) is 5.92 Å². The largest absolute Gasteiger partial charge is 0.489 e. The van der Waals surface area contributed by atoms with Crippen LogP contribution < -0.4 is 21.1 Å². The second-order valence-corrected chi connectivity index (χ2v) is 7.36. The third-order valence-corrected chi connectivity index (χ3v) is 5.28. The smallest absolute Gasteiger partial charge is 0.139 e. The Bertz CT molecular complexity index is 908. The minimum atomic E-state index is 0.478. The number of hydrogen-bond acceptors (Lipinski definition) is 6. The third kappa shape index (κ3) is 5.03. The van der Waals surface area contributed by atoms with Gasteiger partial charge in [0.05, 0.1) is 5.56 Å². The molecule has 0 spiro atoms. The van der Waals surface area contributed by atoms with Gasteiger partial charge in [-0.3, -0.25) is 0 Å². The fourth-order valence-electron chi connectivity index (χ4n) is 3.60. The molecule has 1 aromatic heterocycles.